The van der Waals surface area contributed by atoms with Gasteiger partial charge in [0.05, 0.1) is 5.56 Å². The van der Waals surface area contributed by atoms with E-state index >= 15 is 0 Å². The molecule has 0 radical (unpaired) electrons. The van der Waals surface area contributed by atoms with Crippen LogP contribution in [0.3, 0.4) is 0 Å². The Morgan fingerprint density at radius 2 is 2.06 bits per heavy atom. The van der Waals surface area contributed by atoms with Gasteiger partial charge in [-0.1, -0.05) is 13.3 Å². The number of carbonyl (C=O) groups excluding carboxylic acids is 1. The summed E-state index contributed by atoms with van der Waals surface area (Å²) in [5.74, 6) is -1.42. The maximum atomic E-state index is 11.7. The van der Waals surface area contributed by atoms with E-state index < -0.39 is 28.5 Å². The lowest BCUT2D eigenvalue weighted by molar-refractivity contribution is -0.280. The van der Waals surface area contributed by atoms with Crippen molar-refractivity contribution in [2.24, 2.45) is 0 Å². The Balaban J connectivity index is 3.39. The minimum atomic E-state index is -0.907. The van der Waals surface area contributed by atoms with E-state index in [1.807, 2.05) is 11.9 Å². The number of H-pyrrole nitrogens is 1. The first kappa shape index (κ1) is 12.2. The molecule has 0 bridgehead atoms. The minimum Gasteiger partial charge on any atom is -0.859 e. The highest BCUT2D eigenvalue weighted by Gasteiger charge is 2.11. The average Bonchev–Trinajstić information content (AvgIpc) is 2.16. The van der Waals surface area contributed by atoms with Gasteiger partial charge in [0.1, 0.15) is 0 Å². The molecule has 0 aliphatic rings. The Morgan fingerprint density at radius 3 is 2.56 bits per heavy atom. The van der Waals surface area contributed by atoms with Gasteiger partial charge in [-0.05, 0) is 19.2 Å². The number of nitrogens with zero attached hydrogens (tertiary/aromatic N) is 1. The van der Waals surface area contributed by atoms with Gasteiger partial charge >= 0.3 is 5.69 Å². The van der Waals surface area contributed by atoms with E-state index in [1.165, 1.54) is 0 Å². The van der Waals surface area contributed by atoms with Crippen LogP contribution in [-0.4, -0.2) is 15.3 Å². The first-order valence-corrected chi connectivity index (χ1v) is 5.04. The van der Waals surface area contributed by atoms with E-state index in [9.17, 15) is 19.5 Å². The van der Waals surface area contributed by atoms with Crippen molar-refractivity contribution in [1.82, 2.24) is 9.55 Å². The highest BCUT2D eigenvalue weighted by atomic mass is 16.3. The zero-order chi connectivity index (χ0) is 12.3. The molecule has 0 amide bonds. The molecule has 1 N–H and O–H groups in total. The SMILES string of the molecule is CCCCn1c([O-])c(C(C)=O)c(=O)[nH]c1=O. The summed E-state index contributed by atoms with van der Waals surface area (Å²) in [6, 6.07) is 0. The Bertz CT molecular complexity index is 513. The number of aromatic amines is 1. The molecule has 0 fully saturated rings. The zero-order valence-corrected chi connectivity index (χ0v) is 9.20. The van der Waals surface area contributed by atoms with Crippen molar-refractivity contribution in [3.63, 3.8) is 0 Å². The molecule has 6 nitrogen and oxygen atoms in total. The predicted molar refractivity (Wildman–Crippen MR) is 55.7 cm³/mol. The molecular weight excluding hydrogens is 212 g/mol. The Labute approximate surface area is 91.5 Å². The van der Waals surface area contributed by atoms with Gasteiger partial charge in [-0.3, -0.25) is 14.6 Å². The highest BCUT2D eigenvalue weighted by molar-refractivity contribution is 5.95. The van der Waals surface area contributed by atoms with Crippen LogP contribution >= 0.6 is 0 Å². The van der Waals surface area contributed by atoms with Gasteiger partial charge in [0, 0.05) is 6.54 Å². The van der Waals surface area contributed by atoms with Crippen LogP contribution in [0.2, 0.25) is 0 Å². The molecule has 0 unspecified atom stereocenters. The molecule has 0 aliphatic carbocycles. The molecule has 1 rings (SSSR count). The number of aromatic nitrogens is 2. The van der Waals surface area contributed by atoms with E-state index in [0.29, 0.717) is 6.42 Å². The van der Waals surface area contributed by atoms with Crippen LogP contribution in [0.4, 0.5) is 0 Å². The summed E-state index contributed by atoms with van der Waals surface area (Å²) in [6.45, 7) is 3.25. The Kier molecular flexibility index (Phi) is 3.65. The summed E-state index contributed by atoms with van der Waals surface area (Å²) >= 11 is 0. The number of carbonyl (C=O) groups is 1. The van der Waals surface area contributed by atoms with Crippen LogP contribution in [0.25, 0.3) is 0 Å². The molecule has 1 heterocycles. The lowest BCUT2D eigenvalue weighted by atomic mass is 10.2. The first-order valence-electron chi connectivity index (χ1n) is 5.04. The van der Waals surface area contributed by atoms with Gasteiger partial charge in [-0.2, -0.15) is 0 Å². The topological polar surface area (TPSA) is 95.0 Å². The second kappa shape index (κ2) is 4.78. The molecule has 0 spiro atoms. The summed E-state index contributed by atoms with van der Waals surface area (Å²) in [6.07, 6.45) is 1.44. The molecular formula is C10H13N2O4-. The van der Waals surface area contributed by atoms with E-state index in [2.05, 4.69) is 0 Å². The van der Waals surface area contributed by atoms with E-state index in [0.717, 1.165) is 17.9 Å². The number of hydrogen-bond donors (Lipinski definition) is 1. The van der Waals surface area contributed by atoms with Crippen molar-refractivity contribution in [2.75, 3.05) is 0 Å². The summed E-state index contributed by atoms with van der Waals surface area (Å²) in [7, 11) is 0. The maximum Gasteiger partial charge on any atom is 0.327 e. The Hall–Kier alpha value is -1.85. The van der Waals surface area contributed by atoms with Gasteiger partial charge in [-0.15, -0.1) is 0 Å². The number of Topliss-reactive ketones (excluding diaryl/α,β-unsaturated/α-hetero) is 1. The fourth-order valence-corrected chi connectivity index (χ4v) is 1.38. The molecule has 0 atom stereocenters. The molecule has 0 saturated carbocycles. The number of hydrogen-bond acceptors (Lipinski definition) is 4. The quantitative estimate of drug-likeness (QED) is 0.706. The van der Waals surface area contributed by atoms with Crippen molar-refractivity contribution < 1.29 is 9.90 Å². The van der Waals surface area contributed by atoms with Gasteiger partial charge < -0.3 is 9.67 Å². The van der Waals surface area contributed by atoms with Gasteiger partial charge in [-0.25, -0.2) is 4.79 Å². The van der Waals surface area contributed by atoms with Crippen LogP contribution in [0.15, 0.2) is 9.59 Å². The average molecular weight is 225 g/mol. The normalized spacial score (nSPS) is 10.4. The molecule has 0 saturated heterocycles. The van der Waals surface area contributed by atoms with Crippen molar-refractivity contribution in [1.29, 1.82) is 0 Å². The molecule has 6 heteroatoms. The number of rotatable bonds is 4. The summed E-state index contributed by atoms with van der Waals surface area (Å²) < 4.78 is 0.891. The third kappa shape index (κ3) is 2.21. The summed E-state index contributed by atoms with van der Waals surface area (Å²) in [4.78, 5) is 35.6. The second-order valence-corrected chi connectivity index (χ2v) is 3.50. The fraction of sp³-hybridized carbons (Fsp3) is 0.500. The third-order valence-electron chi connectivity index (χ3n) is 2.24. The maximum absolute atomic E-state index is 11.7. The fourth-order valence-electron chi connectivity index (χ4n) is 1.38. The summed E-state index contributed by atoms with van der Waals surface area (Å²) in [5, 5.41) is 11.7. The lowest BCUT2D eigenvalue weighted by Gasteiger charge is -2.17. The van der Waals surface area contributed by atoms with Crippen LogP contribution in [0.1, 0.15) is 37.0 Å². The van der Waals surface area contributed by atoms with Gasteiger partial charge in [0.25, 0.3) is 5.56 Å². The van der Waals surface area contributed by atoms with Crippen LogP contribution in [0.5, 0.6) is 5.88 Å². The Morgan fingerprint density at radius 1 is 1.44 bits per heavy atom. The standard InChI is InChI=1S/C10H14N2O4/c1-3-4-5-12-9(15)7(6(2)13)8(14)11-10(12)16/h15H,3-5H2,1-2H3,(H,11,14,16)/p-1. The number of unbranched alkanes of at least 4 members (excludes halogenated alkanes) is 1. The van der Waals surface area contributed by atoms with E-state index in [1.54, 1.807) is 0 Å². The molecule has 1 aromatic heterocycles. The van der Waals surface area contributed by atoms with Gasteiger partial charge in [0.15, 0.2) is 5.78 Å². The second-order valence-electron chi connectivity index (χ2n) is 3.50. The highest BCUT2D eigenvalue weighted by Crippen LogP contribution is 2.07. The van der Waals surface area contributed by atoms with Crippen molar-refractivity contribution in [3.8, 4) is 5.88 Å². The summed E-state index contributed by atoms with van der Waals surface area (Å²) in [5.41, 5.74) is -2.14. The van der Waals surface area contributed by atoms with Crippen molar-refractivity contribution >= 4 is 5.78 Å². The van der Waals surface area contributed by atoms with Crippen LogP contribution < -0.4 is 16.4 Å². The van der Waals surface area contributed by atoms with Gasteiger partial charge in [0.2, 0.25) is 0 Å². The molecule has 16 heavy (non-hydrogen) atoms. The van der Waals surface area contributed by atoms with E-state index in [4.69, 9.17) is 0 Å². The third-order valence-corrected chi connectivity index (χ3v) is 2.24. The molecule has 1 aromatic rings. The minimum absolute atomic E-state index is 0.214. The number of nitrogens with one attached hydrogen (secondary N) is 1. The van der Waals surface area contributed by atoms with Crippen molar-refractivity contribution in [2.45, 2.75) is 33.2 Å². The predicted octanol–water partition coefficient (Wildman–Crippen LogP) is -0.387. The lowest BCUT2D eigenvalue weighted by Crippen LogP contribution is -2.36. The first-order chi connectivity index (χ1) is 7.49. The molecule has 0 aromatic carbocycles. The van der Waals surface area contributed by atoms with Crippen LogP contribution in [-0.2, 0) is 6.54 Å². The van der Waals surface area contributed by atoms with Crippen LogP contribution in [0, 0.1) is 0 Å². The van der Waals surface area contributed by atoms with Crippen molar-refractivity contribution in [3.05, 3.63) is 26.4 Å². The monoisotopic (exact) mass is 225 g/mol. The molecule has 88 valence electrons. The van der Waals surface area contributed by atoms with E-state index in [-0.39, 0.29) is 6.54 Å². The largest absolute Gasteiger partial charge is 0.859 e. The number of ketones is 1. The zero-order valence-electron chi connectivity index (χ0n) is 9.20. The molecule has 0 aliphatic heterocycles. The smallest absolute Gasteiger partial charge is 0.327 e.